The molecule has 2 aromatic heterocycles. The maximum absolute atomic E-state index is 12.5. The predicted molar refractivity (Wildman–Crippen MR) is 103 cm³/mol. The van der Waals surface area contributed by atoms with Gasteiger partial charge in [-0.1, -0.05) is 19.3 Å². The Morgan fingerprint density at radius 3 is 2.42 bits per heavy atom. The molecule has 26 heavy (non-hydrogen) atoms. The number of pyridine rings is 1. The van der Waals surface area contributed by atoms with Crippen LogP contribution in [0.4, 0.5) is 0 Å². The number of likely N-dealkylation sites (tertiary alicyclic amines) is 1. The van der Waals surface area contributed by atoms with Crippen molar-refractivity contribution in [2.75, 3.05) is 13.1 Å². The van der Waals surface area contributed by atoms with E-state index < -0.39 is 0 Å². The van der Waals surface area contributed by atoms with Crippen LogP contribution in [0.1, 0.15) is 44.9 Å². The highest BCUT2D eigenvalue weighted by atomic mass is 16.1. The molecular formula is C21H28N4O. The zero-order valence-electron chi connectivity index (χ0n) is 15.4. The van der Waals surface area contributed by atoms with E-state index in [9.17, 15) is 4.79 Å². The van der Waals surface area contributed by atoms with Gasteiger partial charge in [0.1, 0.15) is 0 Å². The second-order valence-corrected chi connectivity index (χ2v) is 7.77. The Hall–Kier alpha value is -2.01. The highest BCUT2D eigenvalue weighted by Crippen LogP contribution is 2.27. The van der Waals surface area contributed by atoms with Gasteiger partial charge in [-0.2, -0.15) is 0 Å². The molecule has 0 unspecified atom stereocenters. The molecule has 1 saturated heterocycles. The van der Waals surface area contributed by atoms with Crippen LogP contribution in [0.3, 0.4) is 0 Å². The van der Waals surface area contributed by atoms with E-state index in [1.807, 2.05) is 12.1 Å². The molecule has 3 heterocycles. The molecule has 1 aliphatic carbocycles. The van der Waals surface area contributed by atoms with E-state index in [-0.39, 0.29) is 5.56 Å². The summed E-state index contributed by atoms with van der Waals surface area (Å²) in [5.41, 5.74) is 1.70. The Balaban J connectivity index is 1.35. The Kier molecular flexibility index (Phi) is 5.44. The lowest BCUT2D eigenvalue weighted by Gasteiger charge is -2.39. The van der Waals surface area contributed by atoms with Crippen LogP contribution in [0.2, 0.25) is 0 Å². The van der Waals surface area contributed by atoms with Crippen molar-refractivity contribution in [2.45, 2.75) is 57.5 Å². The number of nitrogens with zero attached hydrogens (tertiary/aromatic N) is 4. The van der Waals surface area contributed by atoms with Crippen LogP contribution >= 0.6 is 0 Å². The monoisotopic (exact) mass is 352 g/mol. The molecule has 0 N–H and O–H groups in total. The summed E-state index contributed by atoms with van der Waals surface area (Å²) in [5.74, 6) is 0.584. The average molecular weight is 352 g/mol. The topological polar surface area (TPSA) is 51.0 Å². The molecule has 2 aliphatic rings. The minimum absolute atomic E-state index is 0.0431. The van der Waals surface area contributed by atoms with E-state index in [1.165, 1.54) is 58.0 Å². The molecule has 2 fully saturated rings. The summed E-state index contributed by atoms with van der Waals surface area (Å²) < 4.78 is 1.78. The quantitative estimate of drug-likeness (QED) is 0.847. The Labute approximate surface area is 155 Å². The molecule has 0 radical (unpaired) electrons. The van der Waals surface area contributed by atoms with Gasteiger partial charge in [-0.3, -0.25) is 14.3 Å². The maximum Gasteiger partial charge on any atom is 0.253 e. The van der Waals surface area contributed by atoms with Crippen molar-refractivity contribution in [3.63, 3.8) is 0 Å². The molecule has 5 nitrogen and oxygen atoms in total. The van der Waals surface area contributed by atoms with Gasteiger partial charge in [-0.15, -0.1) is 0 Å². The fourth-order valence-electron chi connectivity index (χ4n) is 4.47. The summed E-state index contributed by atoms with van der Waals surface area (Å²) in [4.78, 5) is 23.7. The molecule has 0 spiro atoms. The SMILES string of the molecule is O=c1cc(-c2ccncc2)ncn1CC1CCN(C2CCCCC2)CC1. The highest BCUT2D eigenvalue weighted by Gasteiger charge is 2.26. The van der Waals surface area contributed by atoms with Gasteiger partial charge in [0.05, 0.1) is 12.0 Å². The summed E-state index contributed by atoms with van der Waals surface area (Å²) >= 11 is 0. The van der Waals surface area contributed by atoms with E-state index in [1.54, 1.807) is 29.4 Å². The molecule has 0 amide bonds. The highest BCUT2D eigenvalue weighted by molar-refractivity contribution is 5.57. The van der Waals surface area contributed by atoms with Gasteiger partial charge in [0.2, 0.25) is 0 Å². The summed E-state index contributed by atoms with van der Waals surface area (Å²) in [6.07, 6.45) is 14.5. The van der Waals surface area contributed by atoms with Gasteiger partial charge in [-0.05, 0) is 56.8 Å². The first-order valence-corrected chi connectivity index (χ1v) is 10.0. The van der Waals surface area contributed by atoms with Crippen LogP contribution in [0.15, 0.2) is 41.7 Å². The lowest BCUT2D eigenvalue weighted by atomic mass is 9.90. The van der Waals surface area contributed by atoms with E-state index >= 15 is 0 Å². The zero-order valence-corrected chi connectivity index (χ0v) is 15.4. The Morgan fingerprint density at radius 1 is 1.00 bits per heavy atom. The summed E-state index contributed by atoms with van der Waals surface area (Å²) in [7, 11) is 0. The molecule has 138 valence electrons. The molecule has 0 aromatic carbocycles. The van der Waals surface area contributed by atoms with Crippen molar-refractivity contribution < 1.29 is 0 Å². The molecule has 4 rings (SSSR count). The molecule has 1 aliphatic heterocycles. The molecule has 5 heteroatoms. The number of hydrogen-bond acceptors (Lipinski definition) is 4. The predicted octanol–water partition coefficient (Wildman–Crippen LogP) is 3.35. The van der Waals surface area contributed by atoms with Crippen molar-refractivity contribution in [3.05, 3.63) is 47.3 Å². The third kappa shape index (κ3) is 4.04. The minimum Gasteiger partial charge on any atom is -0.300 e. The lowest BCUT2D eigenvalue weighted by molar-refractivity contribution is 0.101. The standard InChI is InChI=1S/C21H28N4O/c26-21-14-20(18-6-10-22-11-7-18)23-16-25(21)15-17-8-12-24(13-9-17)19-4-2-1-3-5-19/h6-7,10-11,14,16-17,19H,1-5,8-9,12-13,15H2. The first kappa shape index (κ1) is 17.4. The van der Waals surface area contributed by atoms with Crippen molar-refractivity contribution >= 4 is 0 Å². The summed E-state index contributed by atoms with van der Waals surface area (Å²) in [5, 5.41) is 0. The summed E-state index contributed by atoms with van der Waals surface area (Å²) in [6, 6.07) is 6.22. The van der Waals surface area contributed by atoms with Crippen LogP contribution in [-0.2, 0) is 6.54 Å². The van der Waals surface area contributed by atoms with Crippen LogP contribution in [-0.4, -0.2) is 38.6 Å². The first-order chi connectivity index (χ1) is 12.8. The third-order valence-corrected chi connectivity index (χ3v) is 6.05. The molecule has 2 aromatic rings. The number of rotatable bonds is 4. The van der Waals surface area contributed by atoms with Crippen molar-refractivity contribution in [1.82, 2.24) is 19.4 Å². The molecule has 0 atom stereocenters. The summed E-state index contributed by atoms with van der Waals surface area (Å²) in [6.45, 7) is 3.17. The van der Waals surface area contributed by atoms with Gasteiger partial charge in [0.25, 0.3) is 5.56 Å². The third-order valence-electron chi connectivity index (χ3n) is 6.05. The first-order valence-electron chi connectivity index (χ1n) is 10.0. The van der Waals surface area contributed by atoms with Crippen molar-refractivity contribution in [2.24, 2.45) is 5.92 Å². The van der Waals surface area contributed by atoms with Crippen molar-refractivity contribution in [1.29, 1.82) is 0 Å². The Morgan fingerprint density at radius 2 is 1.73 bits per heavy atom. The van der Waals surface area contributed by atoms with E-state index in [0.29, 0.717) is 5.92 Å². The van der Waals surface area contributed by atoms with Crippen LogP contribution < -0.4 is 5.56 Å². The van der Waals surface area contributed by atoms with E-state index in [2.05, 4.69) is 14.9 Å². The van der Waals surface area contributed by atoms with Crippen LogP contribution in [0.25, 0.3) is 11.3 Å². The van der Waals surface area contributed by atoms with E-state index in [4.69, 9.17) is 0 Å². The molecular weight excluding hydrogens is 324 g/mol. The number of hydrogen-bond donors (Lipinski definition) is 0. The Bertz CT molecular complexity index is 759. The molecule has 0 bridgehead atoms. The smallest absolute Gasteiger partial charge is 0.253 e. The normalized spacial score (nSPS) is 20.3. The largest absolute Gasteiger partial charge is 0.300 e. The number of piperidine rings is 1. The van der Waals surface area contributed by atoms with E-state index in [0.717, 1.165) is 23.8 Å². The van der Waals surface area contributed by atoms with Gasteiger partial charge in [-0.25, -0.2) is 4.98 Å². The van der Waals surface area contributed by atoms with Crippen LogP contribution in [0, 0.1) is 5.92 Å². The van der Waals surface area contributed by atoms with Gasteiger partial charge >= 0.3 is 0 Å². The molecule has 1 saturated carbocycles. The van der Waals surface area contributed by atoms with Crippen molar-refractivity contribution in [3.8, 4) is 11.3 Å². The lowest BCUT2D eigenvalue weighted by Crippen LogP contribution is -2.43. The maximum atomic E-state index is 12.5. The second-order valence-electron chi connectivity index (χ2n) is 7.77. The van der Waals surface area contributed by atoms with Gasteiger partial charge in [0, 0.05) is 36.6 Å². The minimum atomic E-state index is 0.0431. The van der Waals surface area contributed by atoms with Crippen LogP contribution in [0.5, 0.6) is 0 Å². The number of aromatic nitrogens is 3. The fraction of sp³-hybridized carbons (Fsp3) is 0.571. The van der Waals surface area contributed by atoms with Gasteiger partial charge < -0.3 is 4.90 Å². The van der Waals surface area contributed by atoms with Gasteiger partial charge in [0.15, 0.2) is 0 Å². The average Bonchev–Trinajstić information content (AvgIpc) is 2.71. The second kappa shape index (κ2) is 8.12. The fourth-order valence-corrected chi connectivity index (χ4v) is 4.47. The zero-order chi connectivity index (χ0) is 17.8.